The van der Waals surface area contributed by atoms with Crippen LogP contribution >= 0.6 is 0 Å². The molecular weight excluding hydrogens is 378 g/mol. The van der Waals surface area contributed by atoms with Gasteiger partial charge in [0.15, 0.2) is 5.94 Å². The third-order valence-corrected chi connectivity index (χ3v) is 5.89. The average molecular weight is 410 g/mol. The molecule has 1 aromatic rings. The highest BCUT2D eigenvalue weighted by Crippen LogP contribution is 2.28. The first-order chi connectivity index (χ1) is 14.5. The number of hydrogen-bond donors (Lipinski definition) is 2. The molecule has 2 aliphatic rings. The summed E-state index contributed by atoms with van der Waals surface area (Å²) in [4.78, 5) is 26.7. The summed E-state index contributed by atoms with van der Waals surface area (Å²) in [5.74, 6) is 1.80. The molecule has 2 aliphatic heterocycles. The number of ether oxygens (including phenoxy) is 1. The summed E-state index contributed by atoms with van der Waals surface area (Å²) in [6.07, 6.45) is 3.96. The molecule has 0 bridgehead atoms. The second kappa shape index (κ2) is 9.79. The van der Waals surface area contributed by atoms with E-state index in [-0.39, 0.29) is 12.5 Å². The van der Waals surface area contributed by atoms with E-state index < -0.39 is 0 Å². The fraction of sp³-hybridized carbons (Fsp3) is 0.458. The molecule has 0 spiro atoms. The van der Waals surface area contributed by atoms with Gasteiger partial charge in [0, 0.05) is 54.9 Å². The summed E-state index contributed by atoms with van der Waals surface area (Å²) in [6, 6.07) is 6.31. The number of benzene rings is 1. The number of carbonyl (C=O) groups excluding carboxylic acids is 2. The summed E-state index contributed by atoms with van der Waals surface area (Å²) in [7, 11) is 0. The molecule has 0 radical (unpaired) electrons. The Hall–Kier alpha value is -2.82. The van der Waals surface area contributed by atoms with Gasteiger partial charge in [-0.05, 0) is 69.9 Å². The Labute approximate surface area is 178 Å². The standard InChI is InChI=1S/C24H31N3O3/c1-5-27(19-9-11-30-12-10-19)23-8-6-7-20(18(23)4)24(29)25-14-21-16(2)13-17(3)26-22(21)15-28/h6-8,13,19,26H,5,9-12,14H2,1-4H3,(H,25,29). The zero-order valence-corrected chi connectivity index (χ0v) is 18.3. The molecule has 30 heavy (non-hydrogen) atoms. The second-order valence-corrected chi connectivity index (χ2v) is 7.85. The maximum Gasteiger partial charge on any atom is 0.251 e. The van der Waals surface area contributed by atoms with Crippen LogP contribution in [0.3, 0.4) is 0 Å². The van der Waals surface area contributed by atoms with Crippen LogP contribution in [0.4, 0.5) is 5.69 Å². The van der Waals surface area contributed by atoms with E-state index in [2.05, 4.69) is 28.5 Å². The van der Waals surface area contributed by atoms with E-state index in [4.69, 9.17) is 4.74 Å². The van der Waals surface area contributed by atoms with Gasteiger partial charge in [-0.3, -0.25) is 4.79 Å². The van der Waals surface area contributed by atoms with Gasteiger partial charge in [0.2, 0.25) is 0 Å². The first kappa shape index (κ1) is 21.9. The van der Waals surface area contributed by atoms with E-state index in [0.29, 0.717) is 17.3 Å². The molecule has 3 rings (SSSR count). The molecule has 1 aromatic carbocycles. The summed E-state index contributed by atoms with van der Waals surface area (Å²) in [6.45, 7) is 10.7. The van der Waals surface area contributed by atoms with Crippen LogP contribution in [0, 0.1) is 6.92 Å². The van der Waals surface area contributed by atoms with Crippen LogP contribution in [0.25, 0.3) is 0 Å². The van der Waals surface area contributed by atoms with E-state index in [1.54, 1.807) is 0 Å². The zero-order chi connectivity index (χ0) is 21.7. The van der Waals surface area contributed by atoms with Crippen molar-refractivity contribution < 1.29 is 14.3 Å². The predicted molar refractivity (Wildman–Crippen MR) is 119 cm³/mol. The van der Waals surface area contributed by atoms with E-state index in [0.717, 1.165) is 60.7 Å². The van der Waals surface area contributed by atoms with Crippen LogP contribution in [0.15, 0.2) is 46.8 Å². The van der Waals surface area contributed by atoms with Crippen LogP contribution in [-0.2, 0) is 9.53 Å². The number of hydrogen-bond acceptors (Lipinski definition) is 5. The molecule has 0 atom stereocenters. The minimum atomic E-state index is -0.144. The van der Waals surface area contributed by atoms with Crippen molar-refractivity contribution in [2.24, 2.45) is 0 Å². The number of anilines is 1. The lowest BCUT2D eigenvalue weighted by atomic mass is 10.00. The van der Waals surface area contributed by atoms with E-state index in [1.807, 2.05) is 44.9 Å². The first-order valence-corrected chi connectivity index (χ1v) is 10.6. The number of nitrogens with one attached hydrogen (secondary N) is 2. The van der Waals surface area contributed by atoms with Gasteiger partial charge in [-0.15, -0.1) is 0 Å². The molecule has 1 saturated heterocycles. The molecule has 6 nitrogen and oxygen atoms in total. The van der Waals surface area contributed by atoms with Crippen molar-refractivity contribution in [3.8, 4) is 0 Å². The molecular formula is C24H31N3O3. The quantitative estimate of drug-likeness (QED) is 0.706. The monoisotopic (exact) mass is 409 g/mol. The molecule has 6 heteroatoms. The highest BCUT2D eigenvalue weighted by Gasteiger charge is 2.24. The molecule has 1 amide bonds. The largest absolute Gasteiger partial charge is 0.381 e. The van der Waals surface area contributed by atoms with Crippen molar-refractivity contribution in [2.45, 2.75) is 46.6 Å². The zero-order valence-electron chi connectivity index (χ0n) is 18.3. The minimum Gasteiger partial charge on any atom is -0.381 e. The number of rotatable bonds is 6. The smallest absolute Gasteiger partial charge is 0.251 e. The number of carbonyl (C=O) groups is 1. The average Bonchev–Trinajstić information content (AvgIpc) is 2.74. The normalized spacial score (nSPS) is 17.2. The van der Waals surface area contributed by atoms with Gasteiger partial charge in [0.25, 0.3) is 5.91 Å². The van der Waals surface area contributed by atoms with Gasteiger partial charge in [-0.25, -0.2) is 4.79 Å². The van der Waals surface area contributed by atoms with Crippen molar-refractivity contribution >= 4 is 17.5 Å². The van der Waals surface area contributed by atoms with Crippen LogP contribution in [-0.4, -0.2) is 44.2 Å². The maximum absolute atomic E-state index is 13.0. The van der Waals surface area contributed by atoms with Crippen molar-refractivity contribution in [2.75, 3.05) is 31.2 Å². The van der Waals surface area contributed by atoms with Crippen molar-refractivity contribution in [1.29, 1.82) is 0 Å². The topological polar surface area (TPSA) is 70.7 Å². The van der Waals surface area contributed by atoms with Gasteiger partial charge < -0.3 is 20.3 Å². The van der Waals surface area contributed by atoms with Crippen LogP contribution in [0.2, 0.25) is 0 Å². The SMILES string of the molecule is CCN(c1cccc(C(=O)NCC2=C(C)C=C(C)NC2=C=O)c1C)C1CCOCC1. The van der Waals surface area contributed by atoms with Gasteiger partial charge in [0.05, 0.1) is 0 Å². The molecule has 2 heterocycles. The molecule has 1 fully saturated rings. The fourth-order valence-corrected chi connectivity index (χ4v) is 4.30. The highest BCUT2D eigenvalue weighted by atomic mass is 16.5. The lowest BCUT2D eigenvalue weighted by Gasteiger charge is -2.36. The van der Waals surface area contributed by atoms with Gasteiger partial charge >= 0.3 is 0 Å². The van der Waals surface area contributed by atoms with E-state index in [1.165, 1.54) is 0 Å². The Bertz CT molecular complexity index is 920. The Morgan fingerprint density at radius 3 is 2.67 bits per heavy atom. The second-order valence-electron chi connectivity index (χ2n) is 7.85. The maximum atomic E-state index is 13.0. The molecule has 0 aliphatic carbocycles. The highest BCUT2D eigenvalue weighted by molar-refractivity contribution is 5.97. The first-order valence-electron chi connectivity index (χ1n) is 10.6. The summed E-state index contributed by atoms with van der Waals surface area (Å²) in [5.41, 5.74) is 5.70. The summed E-state index contributed by atoms with van der Waals surface area (Å²) in [5, 5.41) is 6.00. The Morgan fingerprint density at radius 2 is 2.00 bits per heavy atom. The number of nitrogens with zero attached hydrogens (tertiary/aromatic N) is 1. The summed E-state index contributed by atoms with van der Waals surface area (Å²) >= 11 is 0. The molecule has 0 aromatic heterocycles. The Kier molecular flexibility index (Phi) is 7.14. The minimum absolute atomic E-state index is 0.144. The number of amides is 1. The van der Waals surface area contributed by atoms with Crippen molar-refractivity contribution in [3.63, 3.8) is 0 Å². The van der Waals surface area contributed by atoms with Crippen molar-refractivity contribution in [3.05, 3.63) is 57.9 Å². The fourth-order valence-electron chi connectivity index (χ4n) is 4.30. The van der Waals surface area contributed by atoms with Gasteiger partial charge in [-0.1, -0.05) is 6.07 Å². The number of dihydropyridines is 1. The lowest BCUT2D eigenvalue weighted by molar-refractivity contribution is 0.0846. The third kappa shape index (κ3) is 4.66. The Balaban J connectivity index is 1.79. The van der Waals surface area contributed by atoms with Crippen LogP contribution < -0.4 is 15.5 Å². The van der Waals surface area contributed by atoms with Crippen LogP contribution in [0.1, 0.15) is 49.5 Å². The third-order valence-electron chi connectivity index (χ3n) is 5.89. The number of allylic oxidation sites excluding steroid dienone is 3. The van der Waals surface area contributed by atoms with Crippen LogP contribution in [0.5, 0.6) is 0 Å². The van der Waals surface area contributed by atoms with Gasteiger partial charge in [0.1, 0.15) is 5.70 Å². The van der Waals surface area contributed by atoms with E-state index in [9.17, 15) is 9.59 Å². The van der Waals surface area contributed by atoms with E-state index >= 15 is 0 Å². The predicted octanol–water partition coefficient (Wildman–Crippen LogP) is 3.27. The molecule has 2 N–H and O–H groups in total. The van der Waals surface area contributed by atoms with Crippen molar-refractivity contribution in [1.82, 2.24) is 10.6 Å². The molecule has 160 valence electrons. The summed E-state index contributed by atoms with van der Waals surface area (Å²) < 4.78 is 5.51. The Morgan fingerprint density at radius 1 is 1.27 bits per heavy atom. The lowest BCUT2D eigenvalue weighted by Crippen LogP contribution is -2.40. The van der Waals surface area contributed by atoms with Gasteiger partial charge in [-0.2, -0.15) is 0 Å². The molecule has 0 unspecified atom stereocenters. The molecule has 0 saturated carbocycles.